The van der Waals surface area contributed by atoms with Crippen molar-refractivity contribution in [3.63, 3.8) is 0 Å². The molecule has 176 valence electrons. The van der Waals surface area contributed by atoms with Gasteiger partial charge in [-0.15, -0.1) is 11.7 Å². The smallest absolute Gasteiger partial charge is 0.155 e. The van der Waals surface area contributed by atoms with E-state index in [0.29, 0.717) is 30.6 Å². The lowest BCUT2D eigenvalue weighted by atomic mass is 9.54. The first-order chi connectivity index (χ1) is 15.8. The number of fused-ring (bicyclic) bond motifs is 1. The zero-order chi connectivity index (χ0) is 23.1. The van der Waals surface area contributed by atoms with Crippen LogP contribution in [0.15, 0.2) is 47.4 Å². The molecule has 1 aromatic carbocycles. The number of thiol groups is 1. The summed E-state index contributed by atoms with van der Waals surface area (Å²) in [5, 5.41) is 13.2. The van der Waals surface area contributed by atoms with Crippen LogP contribution in [0.4, 0.5) is 0 Å². The summed E-state index contributed by atoms with van der Waals surface area (Å²) in [6.07, 6.45) is 10.7. The summed E-state index contributed by atoms with van der Waals surface area (Å²) in [5.74, 6) is 2.26. The molecule has 5 aliphatic carbocycles. The van der Waals surface area contributed by atoms with E-state index in [0.717, 1.165) is 37.9 Å². The van der Waals surface area contributed by atoms with Gasteiger partial charge in [0.1, 0.15) is 12.4 Å². The number of allylic oxidation sites excluding steroid dienone is 1. The summed E-state index contributed by atoms with van der Waals surface area (Å²) in [7, 11) is 1.37. The Morgan fingerprint density at radius 2 is 1.97 bits per heavy atom. The minimum absolute atomic E-state index is 0.0350. The van der Waals surface area contributed by atoms with Crippen LogP contribution in [0.2, 0.25) is 0 Å². The van der Waals surface area contributed by atoms with Gasteiger partial charge in [-0.3, -0.25) is 4.79 Å². The van der Waals surface area contributed by atoms with Gasteiger partial charge in [-0.25, -0.2) is 0 Å². The van der Waals surface area contributed by atoms with E-state index in [-0.39, 0.29) is 27.8 Å². The van der Waals surface area contributed by atoms with E-state index in [1.807, 2.05) is 17.6 Å². The molecule has 7 atom stereocenters. The molecule has 0 saturated heterocycles. The predicted molar refractivity (Wildman–Crippen MR) is 136 cm³/mol. The van der Waals surface area contributed by atoms with Crippen molar-refractivity contribution in [3.8, 4) is 5.75 Å². The highest BCUT2D eigenvalue weighted by Gasteiger charge is 2.94. The lowest BCUT2D eigenvalue weighted by Gasteiger charge is -2.50. The Hall–Kier alpha value is -1.17. The van der Waals surface area contributed by atoms with Crippen molar-refractivity contribution in [1.82, 2.24) is 0 Å². The van der Waals surface area contributed by atoms with Gasteiger partial charge < -0.3 is 9.84 Å². The molecule has 0 radical (unpaired) electrons. The Kier molecular flexibility index (Phi) is 5.01. The number of aliphatic hydroxyl groups excluding tert-OH is 1. The number of ether oxygens (including phenoxy) is 1. The van der Waals surface area contributed by atoms with E-state index in [1.54, 1.807) is 0 Å². The van der Waals surface area contributed by atoms with Gasteiger partial charge in [0.05, 0.1) is 6.10 Å². The molecule has 6 rings (SSSR count). The van der Waals surface area contributed by atoms with Crippen LogP contribution in [0.5, 0.6) is 5.75 Å². The molecule has 3 nitrogen and oxygen atoms in total. The van der Waals surface area contributed by atoms with Crippen molar-refractivity contribution >= 4 is 28.2 Å². The quantitative estimate of drug-likeness (QED) is 0.372. The van der Waals surface area contributed by atoms with Crippen molar-refractivity contribution in [3.05, 3.63) is 53.0 Å². The Balaban J connectivity index is 1.41. The Morgan fingerprint density at radius 1 is 1.18 bits per heavy atom. The van der Waals surface area contributed by atoms with Crippen LogP contribution < -0.4 is 4.74 Å². The van der Waals surface area contributed by atoms with Crippen LogP contribution in [0.3, 0.4) is 0 Å². The molecule has 0 heterocycles. The fourth-order valence-corrected chi connectivity index (χ4v) is 10.3. The van der Waals surface area contributed by atoms with Crippen molar-refractivity contribution in [1.29, 1.82) is 0 Å². The van der Waals surface area contributed by atoms with E-state index in [4.69, 9.17) is 4.74 Å². The average Bonchev–Trinajstić information content (AvgIpc) is 3.25. The van der Waals surface area contributed by atoms with E-state index < -0.39 is 0 Å². The molecule has 0 amide bonds. The molecule has 4 fully saturated rings. The number of benzene rings is 1. The molecule has 0 aliphatic heterocycles. The third-order valence-electron chi connectivity index (χ3n) is 10.9. The first kappa shape index (κ1) is 22.3. The first-order valence-corrected chi connectivity index (χ1v) is 14.4. The van der Waals surface area contributed by atoms with Crippen LogP contribution in [-0.2, 0) is 4.79 Å². The van der Waals surface area contributed by atoms with E-state index in [9.17, 15) is 9.90 Å². The fraction of sp³-hybridized carbons (Fsp3) is 0.607. The number of hydrogen-bond acceptors (Lipinski definition) is 5. The van der Waals surface area contributed by atoms with Crippen molar-refractivity contribution in [2.45, 2.75) is 70.8 Å². The highest BCUT2D eigenvalue weighted by atomic mass is 33.1. The van der Waals surface area contributed by atoms with Crippen molar-refractivity contribution < 1.29 is 14.6 Å². The number of carbonyl (C=O) groups excluding carboxylic acids is 1. The third kappa shape index (κ3) is 2.57. The highest BCUT2D eigenvalue weighted by molar-refractivity contribution is 8.69. The average molecular weight is 483 g/mol. The Morgan fingerprint density at radius 3 is 2.73 bits per heavy atom. The first-order valence-electron chi connectivity index (χ1n) is 12.4. The molecule has 7 unspecified atom stereocenters. The number of aliphatic hydroxyl groups is 1. The maximum Gasteiger partial charge on any atom is 0.155 e. The second kappa shape index (κ2) is 7.41. The van der Waals surface area contributed by atoms with Gasteiger partial charge in [0.15, 0.2) is 5.78 Å². The minimum atomic E-state index is -0.217. The Bertz CT molecular complexity index is 1050. The van der Waals surface area contributed by atoms with Gasteiger partial charge in [-0.2, -0.15) is 0 Å². The summed E-state index contributed by atoms with van der Waals surface area (Å²) < 4.78 is 5.87. The molecule has 1 N–H and O–H groups in total. The summed E-state index contributed by atoms with van der Waals surface area (Å²) in [4.78, 5) is 12.4. The van der Waals surface area contributed by atoms with Gasteiger partial charge in [-0.05, 0) is 102 Å². The van der Waals surface area contributed by atoms with Crippen LogP contribution in [0, 0.1) is 27.6 Å². The van der Waals surface area contributed by atoms with Crippen LogP contribution >= 0.6 is 22.5 Å². The Labute approximate surface area is 206 Å². The van der Waals surface area contributed by atoms with E-state index >= 15 is 0 Å². The van der Waals surface area contributed by atoms with Crippen molar-refractivity contribution in [2.24, 2.45) is 27.6 Å². The molecule has 1 aromatic rings. The van der Waals surface area contributed by atoms with Crippen LogP contribution in [0.1, 0.15) is 70.3 Å². The van der Waals surface area contributed by atoms with Gasteiger partial charge >= 0.3 is 0 Å². The summed E-state index contributed by atoms with van der Waals surface area (Å²) in [6.45, 7) is 5.39. The second-order valence-electron chi connectivity index (χ2n) is 11.5. The van der Waals surface area contributed by atoms with Crippen LogP contribution in [0.25, 0.3) is 0 Å². The van der Waals surface area contributed by atoms with E-state index in [2.05, 4.69) is 49.8 Å². The predicted octanol–water partition coefficient (Wildman–Crippen LogP) is 6.50. The molecular formula is C28H34O3S2. The number of carbonyl (C=O) groups is 1. The molecular weight excluding hydrogens is 448 g/mol. The van der Waals surface area contributed by atoms with Crippen LogP contribution in [-0.4, -0.2) is 23.6 Å². The molecule has 2 spiro atoms. The van der Waals surface area contributed by atoms with E-state index in [1.165, 1.54) is 28.4 Å². The highest BCUT2D eigenvalue weighted by Crippen LogP contribution is 2.98. The lowest BCUT2D eigenvalue weighted by Crippen LogP contribution is -2.42. The molecule has 5 aliphatic rings. The molecule has 4 saturated carbocycles. The number of ketones is 1. The second-order valence-corrected chi connectivity index (χ2v) is 12.6. The normalized spacial score (nSPS) is 45.3. The topological polar surface area (TPSA) is 46.5 Å². The van der Waals surface area contributed by atoms with Gasteiger partial charge in [0.2, 0.25) is 0 Å². The number of hydrogen-bond donors (Lipinski definition) is 2. The molecule has 5 heteroatoms. The standard InChI is InChI=1S/C28H34O3S2/c1-25-12-10-20(29)16-19(25)6-9-23-27-13-11-24(30)26(27,2)17-22(28(23,25)27)18-4-7-21(8-5-18)31-14-3-15-33-32/h3-5,7-8,15-16,22-24,30,32H,6,9-14,17H2,1-2H3/b15-3+. The lowest BCUT2D eigenvalue weighted by molar-refractivity contribution is -0.116. The minimum Gasteiger partial charge on any atom is -0.490 e. The zero-order valence-corrected chi connectivity index (χ0v) is 21.3. The third-order valence-corrected chi connectivity index (χ3v) is 11.5. The molecule has 0 aromatic heterocycles. The maximum absolute atomic E-state index is 12.4. The molecule has 33 heavy (non-hydrogen) atoms. The zero-order valence-electron chi connectivity index (χ0n) is 19.5. The monoisotopic (exact) mass is 482 g/mol. The summed E-state index contributed by atoms with van der Waals surface area (Å²) in [6, 6.07) is 8.75. The number of rotatable bonds is 5. The fourth-order valence-electron chi connectivity index (χ4n) is 9.84. The maximum atomic E-state index is 12.4. The van der Waals surface area contributed by atoms with Gasteiger partial charge in [0.25, 0.3) is 0 Å². The summed E-state index contributed by atoms with van der Waals surface area (Å²) in [5.41, 5.74) is 3.17. The SMILES string of the molecule is CC12CCC(=O)C=C1CCC1C34CCC(O)C3(C)CC(c3ccc(OC/C=C/SS)cc3)C124. The van der Waals surface area contributed by atoms with Crippen molar-refractivity contribution in [2.75, 3.05) is 6.61 Å². The largest absolute Gasteiger partial charge is 0.490 e. The molecule has 0 bridgehead atoms. The van der Waals surface area contributed by atoms with Gasteiger partial charge in [0, 0.05) is 11.8 Å². The summed E-state index contributed by atoms with van der Waals surface area (Å²) >= 11 is 4.11. The van der Waals surface area contributed by atoms with Gasteiger partial charge in [-0.1, -0.05) is 42.3 Å².